The largest absolute Gasteiger partial charge is 0.412 e. The van der Waals surface area contributed by atoms with Crippen LogP contribution >= 0.6 is 11.3 Å². The first kappa shape index (κ1) is 17.8. The zero-order chi connectivity index (χ0) is 19.2. The lowest BCUT2D eigenvalue weighted by atomic mass is 10.1. The van der Waals surface area contributed by atoms with Gasteiger partial charge in [-0.3, -0.25) is 4.98 Å². The molecule has 0 fully saturated rings. The first-order valence-corrected chi connectivity index (χ1v) is 9.47. The van der Waals surface area contributed by atoms with Gasteiger partial charge in [0.05, 0.1) is 0 Å². The molecule has 4 aromatic rings. The van der Waals surface area contributed by atoms with Crippen LogP contribution < -0.4 is 10.1 Å². The highest BCUT2D eigenvalue weighted by Gasteiger charge is 2.08. The normalized spacial score (nSPS) is 10.4. The maximum Gasteiger partial charge on any atom is 0.412 e. The van der Waals surface area contributed by atoms with Gasteiger partial charge in [0.2, 0.25) is 0 Å². The lowest BCUT2D eigenvalue weighted by Crippen LogP contribution is -2.26. The quantitative estimate of drug-likeness (QED) is 0.542. The van der Waals surface area contributed by atoms with Crippen molar-refractivity contribution in [3.63, 3.8) is 0 Å². The van der Waals surface area contributed by atoms with Gasteiger partial charge in [-0.15, -0.1) is 10.2 Å². The molecule has 0 aliphatic rings. The van der Waals surface area contributed by atoms with Gasteiger partial charge in [-0.1, -0.05) is 53.8 Å². The standard InChI is InChI=1S/C21H16N4O2S/c26-21(23-11-15-5-2-1-3-6-15)27-19-8-4-7-16(10-19)17-9-18(13-22-12-17)20-25-24-14-28-20/h1-10,12-14H,11H2,(H,23,26). The lowest BCUT2D eigenvalue weighted by Gasteiger charge is -2.09. The Morgan fingerprint density at radius 1 is 0.964 bits per heavy atom. The molecule has 0 aliphatic carbocycles. The molecule has 2 heterocycles. The number of aromatic nitrogens is 3. The predicted molar refractivity (Wildman–Crippen MR) is 108 cm³/mol. The van der Waals surface area contributed by atoms with E-state index in [0.29, 0.717) is 12.3 Å². The Bertz CT molecular complexity index is 1070. The minimum atomic E-state index is -0.498. The Hall–Kier alpha value is -3.58. The van der Waals surface area contributed by atoms with Crippen molar-refractivity contribution < 1.29 is 9.53 Å². The molecule has 1 N–H and O–H groups in total. The summed E-state index contributed by atoms with van der Waals surface area (Å²) in [6.07, 6.45) is 3.02. The number of carbonyl (C=O) groups is 1. The Morgan fingerprint density at radius 3 is 2.64 bits per heavy atom. The molecule has 0 aliphatic heterocycles. The number of ether oxygens (including phenoxy) is 1. The van der Waals surface area contributed by atoms with E-state index in [9.17, 15) is 4.79 Å². The summed E-state index contributed by atoms with van der Waals surface area (Å²) < 4.78 is 5.41. The number of benzene rings is 2. The van der Waals surface area contributed by atoms with Crippen LogP contribution in [0.3, 0.4) is 0 Å². The first-order chi connectivity index (χ1) is 13.8. The van der Waals surface area contributed by atoms with Crippen LogP contribution in [-0.2, 0) is 6.54 Å². The van der Waals surface area contributed by atoms with Gasteiger partial charge in [0.25, 0.3) is 0 Å². The van der Waals surface area contributed by atoms with Crippen LogP contribution in [0.2, 0.25) is 0 Å². The Morgan fingerprint density at radius 2 is 1.82 bits per heavy atom. The smallest absolute Gasteiger partial charge is 0.410 e. The highest BCUT2D eigenvalue weighted by Crippen LogP contribution is 2.28. The summed E-state index contributed by atoms with van der Waals surface area (Å²) in [5, 5.41) is 11.5. The van der Waals surface area contributed by atoms with Crippen molar-refractivity contribution in [3.05, 3.63) is 84.1 Å². The van der Waals surface area contributed by atoms with Crippen LogP contribution in [0, 0.1) is 0 Å². The van der Waals surface area contributed by atoms with E-state index in [2.05, 4.69) is 20.5 Å². The number of carbonyl (C=O) groups excluding carboxylic acids is 1. The highest BCUT2D eigenvalue weighted by atomic mass is 32.1. The van der Waals surface area contributed by atoms with Gasteiger partial charge in [0.15, 0.2) is 0 Å². The van der Waals surface area contributed by atoms with Gasteiger partial charge in [0, 0.05) is 30.1 Å². The van der Waals surface area contributed by atoms with Gasteiger partial charge in [-0.2, -0.15) is 0 Å². The molecule has 28 heavy (non-hydrogen) atoms. The molecule has 0 unspecified atom stereocenters. The molecule has 0 spiro atoms. The summed E-state index contributed by atoms with van der Waals surface area (Å²) in [7, 11) is 0. The van der Waals surface area contributed by atoms with Gasteiger partial charge in [-0.05, 0) is 29.3 Å². The Balaban J connectivity index is 1.46. The van der Waals surface area contributed by atoms with Crippen molar-refractivity contribution in [1.82, 2.24) is 20.5 Å². The number of nitrogens with zero attached hydrogens (tertiary/aromatic N) is 3. The SMILES string of the molecule is O=C(NCc1ccccc1)Oc1cccc(-c2cncc(-c3nncs3)c2)c1. The van der Waals surface area contributed by atoms with E-state index in [4.69, 9.17) is 4.74 Å². The summed E-state index contributed by atoms with van der Waals surface area (Å²) in [5.74, 6) is 0.462. The second kappa shape index (κ2) is 8.41. The molecule has 0 bridgehead atoms. The van der Waals surface area contributed by atoms with E-state index in [-0.39, 0.29) is 0 Å². The van der Waals surface area contributed by atoms with Crippen molar-refractivity contribution >= 4 is 17.4 Å². The monoisotopic (exact) mass is 388 g/mol. The molecule has 0 atom stereocenters. The van der Waals surface area contributed by atoms with Crippen molar-refractivity contribution in [2.45, 2.75) is 6.54 Å². The lowest BCUT2D eigenvalue weighted by molar-refractivity contribution is 0.200. The van der Waals surface area contributed by atoms with Crippen LogP contribution in [0.15, 0.2) is 78.6 Å². The fraction of sp³-hybridized carbons (Fsp3) is 0.0476. The van der Waals surface area contributed by atoms with Crippen molar-refractivity contribution in [1.29, 1.82) is 0 Å². The van der Waals surface area contributed by atoms with Crippen LogP contribution in [0.5, 0.6) is 5.75 Å². The van der Waals surface area contributed by atoms with Gasteiger partial charge < -0.3 is 10.1 Å². The predicted octanol–water partition coefficient (Wildman–Crippen LogP) is 4.56. The number of pyridine rings is 1. The highest BCUT2D eigenvalue weighted by molar-refractivity contribution is 7.12. The van der Waals surface area contributed by atoms with Crippen LogP contribution in [0.1, 0.15) is 5.56 Å². The molecule has 7 heteroatoms. The average molecular weight is 388 g/mol. The minimum absolute atomic E-state index is 0.410. The molecular weight excluding hydrogens is 372 g/mol. The van der Waals surface area contributed by atoms with E-state index < -0.39 is 6.09 Å². The number of rotatable bonds is 5. The van der Waals surface area contributed by atoms with Gasteiger partial charge >= 0.3 is 6.09 Å². The molecule has 2 aromatic heterocycles. The molecule has 0 saturated heterocycles. The molecule has 6 nitrogen and oxygen atoms in total. The summed E-state index contributed by atoms with van der Waals surface area (Å²) in [6.45, 7) is 0.410. The maximum atomic E-state index is 12.1. The van der Waals surface area contributed by atoms with Crippen LogP contribution in [-0.4, -0.2) is 21.3 Å². The fourth-order valence-corrected chi connectivity index (χ4v) is 3.20. The third-order valence-electron chi connectivity index (χ3n) is 4.00. The van der Waals surface area contributed by atoms with E-state index in [1.807, 2.05) is 54.6 Å². The number of hydrogen-bond acceptors (Lipinski definition) is 6. The van der Waals surface area contributed by atoms with Crippen molar-refractivity contribution in [3.8, 4) is 27.4 Å². The topological polar surface area (TPSA) is 77.0 Å². The van der Waals surface area contributed by atoms with E-state index in [0.717, 1.165) is 27.3 Å². The third-order valence-corrected chi connectivity index (χ3v) is 4.74. The third kappa shape index (κ3) is 4.39. The molecule has 1 amide bonds. The van der Waals surface area contributed by atoms with Gasteiger partial charge in [0.1, 0.15) is 16.3 Å². The summed E-state index contributed by atoms with van der Waals surface area (Å²) in [5.41, 5.74) is 5.39. The van der Waals surface area contributed by atoms with E-state index >= 15 is 0 Å². The maximum absolute atomic E-state index is 12.1. The summed E-state index contributed by atoms with van der Waals surface area (Å²) in [4.78, 5) is 16.4. The van der Waals surface area contributed by atoms with Crippen molar-refractivity contribution in [2.75, 3.05) is 0 Å². The molecule has 0 saturated carbocycles. The van der Waals surface area contributed by atoms with Gasteiger partial charge in [-0.25, -0.2) is 4.79 Å². The minimum Gasteiger partial charge on any atom is -0.410 e. The van der Waals surface area contributed by atoms with E-state index in [1.165, 1.54) is 11.3 Å². The fourth-order valence-electron chi connectivity index (χ4n) is 2.67. The molecule has 138 valence electrons. The van der Waals surface area contributed by atoms with Crippen molar-refractivity contribution in [2.24, 2.45) is 0 Å². The number of hydrogen-bond donors (Lipinski definition) is 1. The Kier molecular flexibility index (Phi) is 5.35. The van der Waals surface area contributed by atoms with Crippen LogP contribution in [0.4, 0.5) is 4.79 Å². The summed E-state index contributed by atoms with van der Waals surface area (Å²) in [6, 6.07) is 19.0. The zero-order valence-electron chi connectivity index (χ0n) is 14.8. The van der Waals surface area contributed by atoms with E-state index in [1.54, 1.807) is 24.0 Å². The summed E-state index contributed by atoms with van der Waals surface area (Å²) >= 11 is 1.46. The second-order valence-corrected chi connectivity index (χ2v) is 6.80. The molecule has 4 rings (SSSR count). The molecule has 0 radical (unpaired) electrons. The van der Waals surface area contributed by atoms with Crippen LogP contribution in [0.25, 0.3) is 21.7 Å². The molecular formula is C21H16N4O2S. The average Bonchev–Trinajstić information content (AvgIpc) is 3.28. The number of amides is 1. The Labute approximate surface area is 165 Å². The first-order valence-electron chi connectivity index (χ1n) is 8.59. The zero-order valence-corrected chi connectivity index (χ0v) is 15.6. The second-order valence-electron chi connectivity index (χ2n) is 5.96. The number of nitrogens with one attached hydrogen (secondary N) is 1. The molecule has 2 aromatic carbocycles.